The Bertz CT molecular complexity index is 140. The molecule has 0 saturated heterocycles. The van der Waals surface area contributed by atoms with Crippen molar-refractivity contribution in [2.45, 2.75) is 6.32 Å². The highest BCUT2D eigenvalue weighted by molar-refractivity contribution is 7.68. The van der Waals surface area contributed by atoms with Gasteiger partial charge in [-0.05, 0) is 0 Å². The fraction of sp³-hybridized carbons (Fsp3) is 0.500. The lowest BCUT2D eigenvalue weighted by Gasteiger charge is -1.95. The summed E-state index contributed by atoms with van der Waals surface area (Å²) in [5.41, 5.74) is 0. The Morgan fingerprint density at radius 2 is 1.50 bits per heavy atom. The van der Waals surface area contributed by atoms with Crippen molar-refractivity contribution in [3.05, 3.63) is 0 Å². The summed E-state index contributed by atoms with van der Waals surface area (Å²) in [5, 5.41) is 8.30. The predicted molar refractivity (Wildman–Crippen MR) is 70.0 cm³/mol. The van der Waals surface area contributed by atoms with Crippen LogP contribution in [0, 0.1) is 0 Å². The molecule has 1 N–H and O–H groups in total. The van der Waals surface area contributed by atoms with Crippen LogP contribution < -0.4 is 0 Å². The number of hydrogen-bond donors (Lipinski definition) is 1. The summed E-state index contributed by atoms with van der Waals surface area (Å²) in [4.78, 5) is 10.1. The molecule has 0 heterocycles. The molecule has 12 heteroatoms. The van der Waals surface area contributed by atoms with Crippen LogP contribution in [0.3, 0.4) is 0 Å². The maximum Gasteiger partial charge on any atom is 0.294 e. The molecule has 0 aromatic rings. The molecule has 0 bridgehead atoms. The van der Waals surface area contributed by atoms with Gasteiger partial charge in [0.2, 0.25) is 0 Å². The lowest BCUT2D eigenvalue weighted by atomic mass is 8.89. The molecule has 0 aliphatic carbocycles. The van der Waals surface area contributed by atoms with Crippen molar-refractivity contribution in [3.8, 4) is 0 Å². The molecule has 11 radical (unpaired) electrons. The van der Waals surface area contributed by atoms with Crippen LogP contribution in [0.4, 0.5) is 0 Å². The van der Waals surface area contributed by atoms with Crippen LogP contribution in [0.5, 0.6) is 0 Å². The van der Waals surface area contributed by atoms with Crippen molar-refractivity contribution in [3.63, 3.8) is 0 Å². The summed E-state index contributed by atoms with van der Waals surface area (Å²) in [6, 6.07) is 0. The Labute approximate surface area is 93.9 Å². The molecule has 0 spiro atoms. The molecule has 0 saturated carbocycles. The van der Waals surface area contributed by atoms with E-state index in [2.05, 4.69) is 0 Å². The zero-order chi connectivity index (χ0) is 10.6. The van der Waals surface area contributed by atoms with Crippen LogP contribution in [0.25, 0.3) is 0 Å². The Morgan fingerprint density at radius 3 is 2.00 bits per heavy atom. The standard InChI is InChI=1S/C2H3B10O2/c3-5-7-9-11-12-10-8-6-4-1-2(13)14/h1H2,(H,13,14). The van der Waals surface area contributed by atoms with Crippen LogP contribution >= 0.6 is 0 Å². The van der Waals surface area contributed by atoms with Gasteiger partial charge in [-0.25, -0.2) is 0 Å². The molecular formula is C2H3B10O2. The summed E-state index contributed by atoms with van der Waals surface area (Å²) in [6.07, 6.45) is 0.0517. The molecule has 0 amide bonds. The number of carboxylic acids is 1. The van der Waals surface area contributed by atoms with E-state index in [9.17, 15) is 4.79 Å². The number of hydrogen-bond acceptors (Lipinski definition) is 1. The van der Waals surface area contributed by atoms with Crippen LogP contribution in [0.1, 0.15) is 0 Å². The Kier molecular flexibility index (Phi) is 11.3. The molecule has 53 valence electrons. The summed E-state index contributed by atoms with van der Waals surface area (Å²) >= 11 is 0. The van der Waals surface area contributed by atoms with Gasteiger partial charge in [0, 0.05) is 70.5 Å². The Morgan fingerprint density at radius 1 is 1.00 bits per heavy atom. The second-order valence-corrected chi connectivity index (χ2v) is 2.37. The van der Waals surface area contributed by atoms with E-state index in [4.69, 9.17) is 12.8 Å². The highest BCUT2D eigenvalue weighted by atomic mass is 16.4. The maximum absolute atomic E-state index is 10.1. The average Bonchev–Trinajstić information content (AvgIpc) is 2.15. The van der Waals surface area contributed by atoms with Gasteiger partial charge < -0.3 is 5.11 Å². The first kappa shape index (κ1) is 14.1. The Balaban J connectivity index is 2.88. The molecule has 2 nitrogen and oxygen atoms in total. The molecule has 14 heavy (non-hydrogen) atoms. The third kappa shape index (κ3) is 12.1. The minimum Gasteiger partial charge on any atom is -0.482 e. The quantitative estimate of drug-likeness (QED) is 0.268. The number of aliphatic carboxylic acids is 1. The van der Waals surface area contributed by atoms with E-state index in [1.165, 1.54) is 7.06 Å². The smallest absolute Gasteiger partial charge is 0.294 e. The van der Waals surface area contributed by atoms with Crippen LogP contribution in [0.15, 0.2) is 0 Å². The molecule has 0 aliphatic rings. The normalized spacial score (nSPS) is 7.71. The third-order valence-electron chi connectivity index (χ3n) is 1.21. The highest BCUT2D eigenvalue weighted by Gasteiger charge is 1.99. The molecule has 0 fully saturated rings. The van der Waals surface area contributed by atoms with Gasteiger partial charge in [0.15, 0.2) is 0 Å². The van der Waals surface area contributed by atoms with Crippen LogP contribution in [0.2, 0.25) is 6.32 Å². The van der Waals surface area contributed by atoms with E-state index in [-0.39, 0.29) is 6.32 Å². The molecule has 0 atom stereocenters. The van der Waals surface area contributed by atoms with Crippen molar-refractivity contribution < 1.29 is 9.90 Å². The molecule has 0 rings (SSSR count). The van der Waals surface area contributed by atoms with Crippen molar-refractivity contribution in [1.29, 1.82) is 0 Å². The van der Waals surface area contributed by atoms with E-state index in [1.54, 1.807) is 42.5 Å². The van der Waals surface area contributed by atoms with Gasteiger partial charge in [0.1, 0.15) is 0 Å². The second kappa shape index (κ2) is 11.2. The number of carbonyl (C=O) groups is 1. The van der Waals surface area contributed by atoms with Crippen LogP contribution in [-0.4, -0.2) is 82.5 Å². The van der Waals surface area contributed by atoms with E-state index in [0.29, 0.717) is 0 Å². The van der Waals surface area contributed by atoms with Crippen LogP contribution in [-0.2, 0) is 4.79 Å². The first-order valence-electron chi connectivity index (χ1n) is 4.19. The molecule has 0 unspecified atom stereocenters. The van der Waals surface area contributed by atoms with Crippen molar-refractivity contribution >= 4 is 77.4 Å². The number of carboxylic acid groups (broad SMARTS) is 1. The summed E-state index contributed by atoms with van der Waals surface area (Å²) in [6.45, 7) is 0. The zero-order valence-corrected chi connectivity index (χ0v) is 7.84. The molecule has 0 aliphatic heterocycles. The SMILES string of the molecule is [B][B][B][B][B][B][B][B][B][B]CC(=O)O. The predicted octanol–water partition coefficient (Wildman–Crippen LogP) is -3.77. The van der Waals surface area contributed by atoms with E-state index >= 15 is 0 Å². The topological polar surface area (TPSA) is 37.3 Å². The zero-order valence-electron chi connectivity index (χ0n) is 7.84. The van der Waals surface area contributed by atoms with E-state index in [1.807, 2.05) is 14.1 Å². The van der Waals surface area contributed by atoms with Gasteiger partial charge in [-0.3, -0.25) is 4.79 Å². The van der Waals surface area contributed by atoms with Crippen molar-refractivity contribution in [2.75, 3.05) is 0 Å². The Hall–Kier alpha value is 0.119. The molecule has 0 aromatic heterocycles. The van der Waals surface area contributed by atoms with E-state index in [0.717, 1.165) is 0 Å². The first-order valence-corrected chi connectivity index (χ1v) is 4.19. The lowest BCUT2D eigenvalue weighted by Crippen LogP contribution is -2.31. The van der Waals surface area contributed by atoms with Gasteiger partial charge >= 0.3 is 0 Å². The number of rotatable bonds is 10. The maximum atomic E-state index is 10.1. The fourth-order valence-electron chi connectivity index (χ4n) is 0.632. The lowest BCUT2D eigenvalue weighted by molar-refractivity contribution is -0.134. The highest BCUT2D eigenvalue weighted by Crippen LogP contribution is 1.74. The van der Waals surface area contributed by atoms with Gasteiger partial charge in [0.05, 0.1) is 7.17 Å². The fourth-order valence-corrected chi connectivity index (χ4v) is 0.632. The summed E-state index contributed by atoms with van der Waals surface area (Å²) in [7, 11) is 20.6. The van der Waals surface area contributed by atoms with Gasteiger partial charge in [-0.1, -0.05) is 0 Å². The van der Waals surface area contributed by atoms with Gasteiger partial charge in [-0.2, -0.15) is 0 Å². The van der Waals surface area contributed by atoms with E-state index < -0.39 is 5.97 Å². The minimum atomic E-state index is -0.827. The van der Waals surface area contributed by atoms with Crippen molar-refractivity contribution in [2.24, 2.45) is 0 Å². The average molecular weight is 167 g/mol. The second-order valence-electron chi connectivity index (χ2n) is 2.37. The molecule has 0 aromatic carbocycles. The van der Waals surface area contributed by atoms with Gasteiger partial charge in [-0.15, -0.1) is 0 Å². The summed E-state index contributed by atoms with van der Waals surface area (Å²) < 4.78 is 0. The monoisotopic (exact) mass is 169 g/mol. The third-order valence-corrected chi connectivity index (χ3v) is 1.21. The largest absolute Gasteiger partial charge is 0.482 e. The summed E-state index contributed by atoms with van der Waals surface area (Å²) in [5.74, 6) is -0.827. The molecular weight excluding hydrogens is 164 g/mol. The van der Waals surface area contributed by atoms with Crippen molar-refractivity contribution in [1.82, 2.24) is 0 Å². The first-order chi connectivity index (χ1) is 6.77. The van der Waals surface area contributed by atoms with Gasteiger partial charge in [0.25, 0.3) is 5.97 Å². The minimum absolute atomic E-state index is 0.0517.